The van der Waals surface area contributed by atoms with Crippen molar-refractivity contribution >= 4 is 38.9 Å². The molecular weight excluding hydrogens is 346 g/mol. The monoisotopic (exact) mass is 359 g/mol. The Kier molecular flexibility index (Phi) is 5.28. The molecule has 1 heterocycles. The molecule has 2 nitrogen and oxygen atoms in total. The van der Waals surface area contributed by atoms with Crippen LogP contribution in [0.4, 0.5) is 0 Å². The fraction of sp³-hybridized carbons (Fsp3) is 0.286. The number of ether oxygens (including phenoxy) is 1. The Morgan fingerprint density at radius 1 is 1.42 bits per heavy atom. The highest BCUT2D eigenvalue weighted by Gasteiger charge is 2.18. The summed E-state index contributed by atoms with van der Waals surface area (Å²) in [5, 5.41) is 6.20. The van der Waals surface area contributed by atoms with Gasteiger partial charge in [-0.15, -0.1) is 11.3 Å². The van der Waals surface area contributed by atoms with Gasteiger partial charge in [-0.05, 0) is 51.6 Å². The van der Waals surface area contributed by atoms with E-state index >= 15 is 0 Å². The van der Waals surface area contributed by atoms with Gasteiger partial charge in [0.25, 0.3) is 0 Å². The second-order valence-electron chi connectivity index (χ2n) is 4.02. The first-order valence-corrected chi connectivity index (χ1v) is 8.02. The molecule has 0 amide bonds. The third-order valence-corrected chi connectivity index (χ3v) is 5.06. The molecule has 0 saturated carbocycles. The van der Waals surface area contributed by atoms with Crippen molar-refractivity contribution in [3.8, 4) is 5.75 Å². The summed E-state index contributed by atoms with van der Waals surface area (Å²) in [6.45, 7) is 2.98. The van der Waals surface area contributed by atoms with Crippen molar-refractivity contribution < 1.29 is 4.74 Å². The molecule has 0 aliphatic rings. The number of benzene rings is 1. The normalized spacial score (nSPS) is 12.4. The minimum Gasteiger partial charge on any atom is -0.495 e. The molecule has 0 spiro atoms. The van der Waals surface area contributed by atoms with Crippen molar-refractivity contribution in [1.82, 2.24) is 5.32 Å². The van der Waals surface area contributed by atoms with E-state index in [9.17, 15) is 0 Å². The highest BCUT2D eigenvalue weighted by atomic mass is 79.9. The van der Waals surface area contributed by atoms with Crippen LogP contribution in [0.25, 0.3) is 0 Å². The minimum absolute atomic E-state index is 0.141. The minimum atomic E-state index is 0.141. The Morgan fingerprint density at radius 2 is 2.21 bits per heavy atom. The van der Waals surface area contributed by atoms with Gasteiger partial charge >= 0.3 is 0 Å². The van der Waals surface area contributed by atoms with Gasteiger partial charge in [0.2, 0.25) is 0 Å². The lowest BCUT2D eigenvalue weighted by Crippen LogP contribution is -2.21. The van der Waals surface area contributed by atoms with E-state index in [1.807, 2.05) is 18.2 Å². The summed E-state index contributed by atoms with van der Waals surface area (Å²) in [5.74, 6) is 0.700. The lowest BCUT2D eigenvalue weighted by molar-refractivity contribution is 0.414. The predicted octanol–water partition coefficient (Wildman–Crippen LogP) is 4.87. The van der Waals surface area contributed by atoms with Crippen LogP contribution in [0.3, 0.4) is 0 Å². The Labute approximate surface area is 130 Å². The van der Waals surface area contributed by atoms with E-state index in [1.54, 1.807) is 18.4 Å². The summed E-state index contributed by atoms with van der Waals surface area (Å²) < 4.78 is 6.32. The van der Waals surface area contributed by atoms with Gasteiger partial charge in [0.15, 0.2) is 0 Å². The van der Waals surface area contributed by atoms with Crippen molar-refractivity contribution in [2.75, 3.05) is 13.7 Å². The van der Waals surface area contributed by atoms with Crippen LogP contribution >= 0.6 is 38.9 Å². The molecule has 1 N–H and O–H groups in total. The van der Waals surface area contributed by atoms with Gasteiger partial charge in [0.1, 0.15) is 5.75 Å². The number of hydrogen-bond donors (Lipinski definition) is 1. The number of methoxy groups -OCH3 is 1. The molecule has 0 bridgehead atoms. The van der Waals surface area contributed by atoms with Gasteiger partial charge in [0, 0.05) is 9.35 Å². The van der Waals surface area contributed by atoms with Crippen molar-refractivity contribution in [3.63, 3.8) is 0 Å². The molecule has 5 heteroatoms. The molecule has 2 rings (SSSR count). The molecule has 1 unspecified atom stereocenters. The number of thiophene rings is 1. The van der Waals surface area contributed by atoms with Gasteiger partial charge < -0.3 is 10.1 Å². The molecule has 1 aromatic carbocycles. The summed E-state index contributed by atoms with van der Waals surface area (Å²) in [4.78, 5) is 1.25. The Hall–Kier alpha value is -0.550. The fourth-order valence-electron chi connectivity index (χ4n) is 1.94. The molecule has 0 radical (unpaired) electrons. The zero-order valence-electron chi connectivity index (χ0n) is 10.7. The lowest BCUT2D eigenvalue weighted by atomic mass is 10.1. The molecule has 0 aliphatic heterocycles. The molecule has 2 aromatic rings. The first kappa shape index (κ1) is 14.9. The van der Waals surface area contributed by atoms with E-state index in [0.717, 1.165) is 16.6 Å². The zero-order valence-corrected chi connectivity index (χ0v) is 13.9. The van der Waals surface area contributed by atoms with Crippen molar-refractivity contribution in [1.29, 1.82) is 0 Å². The van der Waals surface area contributed by atoms with E-state index in [2.05, 4.69) is 39.6 Å². The van der Waals surface area contributed by atoms with Crippen LogP contribution in [-0.4, -0.2) is 13.7 Å². The average molecular weight is 361 g/mol. The SMILES string of the molecule is CCNC(c1ccc(OC)c(Cl)c1)c1sccc1Br. The third kappa shape index (κ3) is 3.31. The molecule has 0 fully saturated rings. The maximum absolute atomic E-state index is 6.21. The number of rotatable bonds is 5. The molecule has 102 valence electrons. The summed E-state index contributed by atoms with van der Waals surface area (Å²) in [5.41, 5.74) is 1.14. The van der Waals surface area contributed by atoms with Crippen molar-refractivity contribution in [2.45, 2.75) is 13.0 Å². The van der Waals surface area contributed by atoms with Crippen LogP contribution < -0.4 is 10.1 Å². The molecule has 1 atom stereocenters. The van der Waals surface area contributed by atoms with E-state index in [1.165, 1.54) is 4.88 Å². The zero-order chi connectivity index (χ0) is 13.8. The average Bonchev–Trinajstić information content (AvgIpc) is 2.82. The van der Waals surface area contributed by atoms with Gasteiger partial charge in [-0.3, -0.25) is 0 Å². The first-order valence-electron chi connectivity index (χ1n) is 5.97. The summed E-state index contributed by atoms with van der Waals surface area (Å²) in [7, 11) is 1.62. The van der Waals surface area contributed by atoms with E-state index in [-0.39, 0.29) is 6.04 Å². The van der Waals surface area contributed by atoms with Gasteiger partial charge in [-0.2, -0.15) is 0 Å². The highest BCUT2D eigenvalue weighted by Crippen LogP contribution is 2.35. The van der Waals surface area contributed by atoms with Crippen LogP contribution in [0.5, 0.6) is 5.75 Å². The maximum atomic E-state index is 6.21. The topological polar surface area (TPSA) is 21.3 Å². The summed E-state index contributed by atoms with van der Waals surface area (Å²) in [6.07, 6.45) is 0. The first-order chi connectivity index (χ1) is 9.17. The van der Waals surface area contributed by atoms with Crippen molar-refractivity contribution in [2.24, 2.45) is 0 Å². The Balaban J connectivity index is 2.39. The fourth-order valence-corrected chi connectivity index (χ4v) is 3.91. The number of hydrogen-bond acceptors (Lipinski definition) is 3. The van der Waals surface area contributed by atoms with Gasteiger partial charge in [0.05, 0.1) is 18.2 Å². The van der Waals surface area contributed by atoms with Gasteiger partial charge in [-0.1, -0.05) is 24.6 Å². The molecular formula is C14H15BrClNOS. The second kappa shape index (κ2) is 6.75. The van der Waals surface area contributed by atoms with E-state index < -0.39 is 0 Å². The second-order valence-corrected chi connectivity index (χ2v) is 6.23. The van der Waals surface area contributed by atoms with Crippen LogP contribution in [0.1, 0.15) is 23.4 Å². The van der Waals surface area contributed by atoms with E-state index in [4.69, 9.17) is 16.3 Å². The smallest absolute Gasteiger partial charge is 0.137 e. The third-order valence-electron chi connectivity index (χ3n) is 2.82. The summed E-state index contributed by atoms with van der Waals surface area (Å²) >= 11 is 11.5. The number of halogens is 2. The Bertz CT molecular complexity index is 558. The van der Waals surface area contributed by atoms with Crippen LogP contribution in [-0.2, 0) is 0 Å². The maximum Gasteiger partial charge on any atom is 0.137 e. The predicted molar refractivity (Wildman–Crippen MR) is 85.5 cm³/mol. The number of nitrogens with one attached hydrogen (secondary N) is 1. The highest BCUT2D eigenvalue weighted by molar-refractivity contribution is 9.10. The van der Waals surface area contributed by atoms with Gasteiger partial charge in [-0.25, -0.2) is 0 Å². The van der Waals surface area contributed by atoms with Crippen LogP contribution in [0.15, 0.2) is 34.1 Å². The van der Waals surface area contributed by atoms with Crippen molar-refractivity contribution in [3.05, 3.63) is 49.6 Å². The standard InChI is InChI=1S/C14H15BrClNOS/c1-3-17-13(14-10(15)6-7-19-14)9-4-5-12(18-2)11(16)8-9/h4-8,13,17H,3H2,1-2H3. The molecule has 0 saturated heterocycles. The Morgan fingerprint density at radius 3 is 2.74 bits per heavy atom. The lowest BCUT2D eigenvalue weighted by Gasteiger charge is -2.18. The largest absolute Gasteiger partial charge is 0.495 e. The molecule has 0 aliphatic carbocycles. The quantitative estimate of drug-likeness (QED) is 0.821. The van der Waals surface area contributed by atoms with Crippen LogP contribution in [0.2, 0.25) is 5.02 Å². The molecule has 1 aromatic heterocycles. The summed E-state index contributed by atoms with van der Waals surface area (Å²) in [6, 6.07) is 8.12. The van der Waals surface area contributed by atoms with Crippen LogP contribution in [0, 0.1) is 0 Å². The van der Waals surface area contributed by atoms with E-state index in [0.29, 0.717) is 10.8 Å². The molecule has 19 heavy (non-hydrogen) atoms.